The zero-order valence-electron chi connectivity index (χ0n) is 10.6. The van der Waals surface area contributed by atoms with Gasteiger partial charge in [0.15, 0.2) is 0 Å². The number of rotatable bonds is 5. The molecule has 1 aromatic carbocycles. The van der Waals surface area contributed by atoms with Gasteiger partial charge in [0.25, 0.3) is 0 Å². The molecule has 0 radical (unpaired) electrons. The molecule has 0 saturated heterocycles. The molecule has 1 rings (SSSR count). The number of hydrogen-bond acceptors (Lipinski definition) is 3. The molecule has 3 nitrogen and oxygen atoms in total. The van der Waals surface area contributed by atoms with Crippen LogP contribution in [0.2, 0.25) is 5.02 Å². The second-order valence-electron chi connectivity index (χ2n) is 4.57. The van der Waals surface area contributed by atoms with Gasteiger partial charge in [-0.1, -0.05) is 25.4 Å². The number of nitrogens with two attached hydrogens (primary N) is 1. The van der Waals surface area contributed by atoms with Crippen molar-refractivity contribution in [3.63, 3.8) is 0 Å². The van der Waals surface area contributed by atoms with E-state index in [1.165, 1.54) is 12.1 Å². The van der Waals surface area contributed by atoms with E-state index in [2.05, 4.69) is 19.9 Å². The SMILES string of the molecule is CC(C)CN(CCC#N)c1cc(Cl)c(F)cc1N. The lowest BCUT2D eigenvalue weighted by atomic mass is 10.1. The molecule has 5 heteroatoms. The molecule has 0 bridgehead atoms. The molecule has 0 atom stereocenters. The Morgan fingerprint density at radius 1 is 1.50 bits per heavy atom. The minimum absolute atomic E-state index is 0.0462. The Labute approximate surface area is 112 Å². The van der Waals surface area contributed by atoms with Gasteiger partial charge < -0.3 is 10.6 Å². The third-order valence-corrected chi connectivity index (χ3v) is 2.78. The number of anilines is 2. The number of hydrogen-bond donors (Lipinski definition) is 1. The van der Waals surface area contributed by atoms with Gasteiger partial charge in [0.05, 0.1) is 28.9 Å². The summed E-state index contributed by atoms with van der Waals surface area (Å²) in [6, 6.07) is 4.84. The van der Waals surface area contributed by atoms with Crippen molar-refractivity contribution in [2.45, 2.75) is 20.3 Å². The lowest BCUT2D eigenvalue weighted by Gasteiger charge is -2.27. The molecule has 0 spiro atoms. The summed E-state index contributed by atoms with van der Waals surface area (Å²) in [4.78, 5) is 1.97. The number of nitriles is 1. The summed E-state index contributed by atoms with van der Waals surface area (Å²) in [6.07, 6.45) is 0.390. The van der Waals surface area contributed by atoms with Crippen LogP contribution in [0.4, 0.5) is 15.8 Å². The van der Waals surface area contributed by atoms with Crippen LogP contribution in [0.1, 0.15) is 20.3 Å². The summed E-state index contributed by atoms with van der Waals surface area (Å²) in [6.45, 7) is 5.44. The molecule has 2 N–H and O–H groups in total. The fourth-order valence-electron chi connectivity index (χ4n) is 1.76. The lowest BCUT2D eigenvalue weighted by molar-refractivity contribution is 0.609. The number of nitrogens with zero attached hydrogens (tertiary/aromatic N) is 2. The van der Waals surface area contributed by atoms with Crippen LogP contribution in [0.5, 0.6) is 0 Å². The van der Waals surface area contributed by atoms with E-state index >= 15 is 0 Å². The second kappa shape index (κ2) is 6.46. The molecule has 0 amide bonds. The van der Waals surface area contributed by atoms with E-state index in [4.69, 9.17) is 22.6 Å². The van der Waals surface area contributed by atoms with Gasteiger partial charge in [-0.25, -0.2) is 4.39 Å². The van der Waals surface area contributed by atoms with Gasteiger partial charge in [0.2, 0.25) is 0 Å². The van der Waals surface area contributed by atoms with E-state index < -0.39 is 5.82 Å². The van der Waals surface area contributed by atoms with E-state index in [1.807, 2.05) is 4.90 Å². The van der Waals surface area contributed by atoms with Crippen LogP contribution in [0.15, 0.2) is 12.1 Å². The zero-order valence-corrected chi connectivity index (χ0v) is 11.3. The summed E-state index contributed by atoms with van der Waals surface area (Å²) in [5, 5.41) is 8.72. The molecular weight excluding hydrogens is 253 g/mol. The van der Waals surface area contributed by atoms with Crippen LogP contribution in [-0.4, -0.2) is 13.1 Å². The van der Waals surface area contributed by atoms with Crippen LogP contribution >= 0.6 is 11.6 Å². The third-order valence-electron chi connectivity index (χ3n) is 2.49. The maximum absolute atomic E-state index is 13.3. The van der Waals surface area contributed by atoms with Gasteiger partial charge in [0, 0.05) is 19.2 Å². The lowest BCUT2D eigenvalue weighted by Crippen LogP contribution is -2.29. The maximum atomic E-state index is 13.3. The summed E-state index contributed by atoms with van der Waals surface area (Å²) < 4.78 is 13.3. The molecule has 18 heavy (non-hydrogen) atoms. The summed E-state index contributed by atoms with van der Waals surface area (Å²) in [7, 11) is 0. The number of nitrogen functional groups attached to an aromatic ring is 1. The predicted molar refractivity (Wildman–Crippen MR) is 73.1 cm³/mol. The quantitative estimate of drug-likeness (QED) is 0.833. The molecule has 0 fully saturated rings. The maximum Gasteiger partial charge on any atom is 0.143 e. The summed E-state index contributed by atoms with van der Waals surface area (Å²) in [5.41, 5.74) is 6.84. The van der Waals surface area contributed by atoms with Crippen molar-refractivity contribution >= 4 is 23.0 Å². The first-order chi connectivity index (χ1) is 8.45. The minimum atomic E-state index is -0.525. The smallest absolute Gasteiger partial charge is 0.143 e. The molecule has 0 aromatic heterocycles. The van der Waals surface area contributed by atoms with Crippen molar-refractivity contribution in [3.05, 3.63) is 23.0 Å². The highest BCUT2D eigenvalue weighted by molar-refractivity contribution is 6.31. The Morgan fingerprint density at radius 2 is 2.17 bits per heavy atom. The summed E-state index contributed by atoms with van der Waals surface area (Å²) >= 11 is 5.78. The Balaban J connectivity index is 3.04. The Kier molecular flexibility index (Phi) is 5.24. The molecule has 0 aliphatic carbocycles. The van der Waals surface area contributed by atoms with Gasteiger partial charge in [-0.2, -0.15) is 5.26 Å². The number of benzene rings is 1. The molecule has 0 aliphatic rings. The fourth-order valence-corrected chi connectivity index (χ4v) is 1.92. The van der Waals surface area contributed by atoms with Crippen molar-refractivity contribution in [2.75, 3.05) is 23.7 Å². The highest BCUT2D eigenvalue weighted by atomic mass is 35.5. The van der Waals surface area contributed by atoms with E-state index in [-0.39, 0.29) is 5.02 Å². The van der Waals surface area contributed by atoms with E-state index in [9.17, 15) is 4.39 Å². The van der Waals surface area contributed by atoms with Gasteiger partial charge in [-0.05, 0) is 12.0 Å². The Hall–Kier alpha value is -1.47. The molecular formula is C13H17ClFN3. The topological polar surface area (TPSA) is 53.0 Å². The van der Waals surface area contributed by atoms with Crippen molar-refractivity contribution in [3.8, 4) is 6.07 Å². The molecule has 0 saturated carbocycles. The zero-order chi connectivity index (χ0) is 13.7. The molecule has 0 unspecified atom stereocenters. The molecule has 98 valence electrons. The Morgan fingerprint density at radius 3 is 2.72 bits per heavy atom. The number of halogens is 2. The van der Waals surface area contributed by atoms with E-state index in [1.54, 1.807) is 0 Å². The largest absolute Gasteiger partial charge is 0.397 e. The van der Waals surface area contributed by atoms with Crippen LogP contribution in [-0.2, 0) is 0 Å². The monoisotopic (exact) mass is 269 g/mol. The average Bonchev–Trinajstić information content (AvgIpc) is 2.29. The first-order valence-corrected chi connectivity index (χ1v) is 6.20. The van der Waals surface area contributed by atoms with E-state index in [0.717, 1.165) is 6.54 Å². The van der Waals surface area contributed by atoms with Crippen LogP contribution in [0.3, 0.4) is 0 Å². The van der Waals surface area contributed by atoms with Gasteiger partial charge in [-0.3, -0.25) is 0 Å². The summed E-state index contributed by atoms with van der Waals surface area (Å²) in [5.74, 6) is -0.116. The van der Waals surface area contributed by atoms with Gasteiger partial charge in [0.1, 0.15) is 5.82 Å². The molecule has 0 heterocycles. The average molecular weight is 270 g/mol. The first-order valence-electron chi connectivity index (χ1n) is 5.82. The van der Waals surface area contributed by atoms with Crippen LogP contribution < -0.4 is 10.6 Å². The minimum Gasteiger partial charge on any atom is -0.397 e. The van der Waals surface area contributed by atoms with Crippen molar-refractivity contribution in [1.29, 1.82) is 5.26 Å². The van der Waals surface area contributed by atoms with Gasteiger partial charge in [-0.15, -0.1) is 0 Å². The fraction of sp³-hybridized carbons (Fsp3) is 0.462. The third kappa shape index (κ3) is 3.78. The van der Waals surface area contributed by atoms with Crippen molar-refractivity contribution in [1.82, 2.24) is 0 Å². The normalized spacial score (nSPS) is 10.4. The molecule has 0 aliphatic heterocycles. The van der Waals surface area contributed by atoms with Crippen LogP contribution in [0, 0.1) is 23.1 Å². The van der Waals surface area contributed by atoms with Gasteiger partial charge >= 0.3 is 0 Å². The van der Waals surface area contributed by atoms with Crippen molar-refractivity contribution in [2.24, 2.45) is 5.92 Å². The first kappa shape index (κ1) is 14.6. The van der Waals surface area contributed by atoms with Crippen molar-refractivity contribution < 1.29 is 4.39 Å². The molecule has 1 aromatic rings. The highest BCUT2D eigenvalue weighted by Gasteiger charge is 2.14. The predicted octanol–water partition coefficient (Wildman–Crippen LogP) is 3.44. The van der Waals surface area contributed by atoms with E-state index in [0.29, 0.717) is 30.3 Å². The Bertz CT molecular complexity index is 454. The highest BCUT2D eigenvalue weighted by Crippen LogP contribution is 2.30. The second-order valence-corrected chi connectivity index (χ2v) is 4.98. The van der Waals surface area contributed by atoms with Crippen LogP contribution in [0.25, 0.3) is 0 Å². The standard InChI is InChI=1S/C13H17ClFN3/c1-9(2)8-18(5-3-4-16)13-6-10(14)11(15)7-12(13)17/h6-7,9H,3,5,8,17H2,1-2H3.